The van der Waals surface area contributed by atoms with E-state index in [1.807, 2.05) is 6.92 Å². The van der Waals surface area contributed by atoms with Crippen LogP contribution in [-0.2, 0) is 9.53 Å². The standard InChI is InChI=1S/C15H29N3O2/c1-12-6-3-4-8-18(12)9-5-7-17-14(19)15(2)11-20-10-13(15)16/h12-13H,3-11,16H2,1-2H3,(H,17,19). The number of carbonyl (C=O) groups is 1. The van der Waals surface area contributed by atoms with Crippen LogP contribution < -0.4 is 11.1 Å². The summed E-state index contributed by atoms with van der Waals surface area (Å²) in [5.41, 5.74) is 5.40. The predicted octanol–water partition coefficient (Wildman–Crippen LogP) is 0.731. The molecule has 0 radical (unpaired) electrons. The topological polar surface area (TPSA) is 67.6 Å². The summed E-state index contributed by atoms with van der Waals surface area (Å²) >= 11 is 0. The van der Waals surface area contributed by atoms with Crippen LogP contribution in [0.15, 0.2) is 0 Å². The summed E-state index contributed by atoms with van der Waals surface area (Å²) in [6, 6.07) is 0.498. The van der Waals surface area contributed by atoms with Crippen molar-refractivity contribution in [3.63, 3.8) is 0 Å². The molecule has 1 amide bonds. The van der Waals surface area contributed by atoms with Crippen molar-refractivity contribution in [2.75, 3.05) is 32.8 Å². The molecule has 3 N–H and O–H groups in total. The molecule has 3 atom stereocenters. The lowest BCUT2D eigenvalue weighted by molar-refractivity contribution is -0.130. The van der Waals surface area contributed by atoms with E-state index in [1.54, 1.807) is 0 Å². The van der Waals surface area contributed by atoms with Gasteiger partial charge in [0.25, 0.3) is 0 Å². The smallest absolute Gasteiger partial charge is 0.229 e. The van der Waals surface area contributed by atoms with Crippen molar-refractivity contribution >= 4 is 5.91 Å². The summed E-state index contributed by atoms with van der Waals surface area (Å²) in [5.74, 6) is 0.0363. The largest absolute Gasteiger partial charge is 0.379 e. The lowest BCUT2D eigenvalue weighted by Gasteiger charge is -2.33. The second kappa shape index (κ2) is 6.87. The van der Waals surface area contributed by atoms with Crippen LogP contribution in [0.5, 0.6) is 0 Å². The monoisotopic (exact) mass is 283 g/mol. The van der Waals surface area contributed by atoms with Crippen molar-refractivity contribution in [3.8, 4) is 0 Å². The normalized spacial score (nSPS) is 35.1. The number of nitrogens with two attached hydrogens (primary N) is 1. The van der Waals surface area contributed by atoms with Crippen LogP contribution >= 0.6 is 0 Å². The maximum atomic E-state index is 12.2. The molecule has 0 saturated carbocycles. The number of hydrogen-bond acceptors (Lipinski definition) is 4. The molecule has 0 aromatic carbocycles. The van der Waals surface area contributed by atoms with Crippen molar-refractivity contribution in [1.29, 1.82) is 0 Å². The number of amides is 1. The van der Waals surface area contributed by atoms with Gasteiger partial charge in [-0.2, -0.15) is 0 Å². The summed E-state index contributed by atoms with van der Waals surface area (Å²) in [6.07, 6.45) is 4.96. The first-order valence-corrected chi connectivity index (χ1v) is 7.90. The van der Waals surface area contributed by atoms with Gasteiger partial charge in [-0.05, 0) is 39.7 Å². The van der Waals surface area contributed by atoms with Gasteiger partial charge in [0.2, 0.25) is 5.91 Å². The van der Waals surface area contributed by atoms with Gasteiger partial charge in [-0.1, -0.05) is 6.42 Å². The number of piperidine rings is 1. The van der Waals surface area contributed by atoms with Gasteiger partial charge in [0.15, 0.2) is 0 Å². The number of ether oxygens (including phenoxy) is 1. The average molecular weight is 283 g/mol. The number of nitrogens with zero attached hydrogens (tertiary/aromatic N) is 1. The number of likely N-dealkylation sites (tertiary alicyclic amines) is 1. The molecule has 0 spiro atoms. The zero-order valence-electron chi connectivity index (χ0n) is 12.9. The van der Waals surface area contributed by atoms with Gasteiger partial charge in [0, 0.05) is 25.2 Å². The Morgan fingerprint density at radius 2 is 2.30 bits per heavy atom. The fraction of sp³-hybridized carbons (Fsp3) is 0.933. The molecule has 0 aromatic heterocycles. The van der Waals surface area contributed by atoms with Crippen LogP contribution in [0.1, 0.15) is 39.5 Å². The second-order valence-corrected chi connectivity index (χ2v) is 6.53. The molecule has 2 rings (SSSR count). The van der Waals surface area contributed by atoms with E-state index in [9.17, 15) is 4.79 Å². The van der Waals surface area contributed by atoms with E-state index < -0.39 is 5.41 Å². The van der Waals surface area contributed by atoms with Crippen LogP contribution in [-0.4, -0.2) is 55.7 Å². The van der Waals surface area contributed by atoms with Crippen LogP contribution in [0.2, 0.25) is 0 Å². The van der Waals surface area contributed by atoms with Gasteiger partial charge >= 0.3 is 0 Å². The highest BCUT2D eigenvalue weighted by Crippen LogP contribution is 2.27. The van der Waals surface area contributed by atoms with E-state index in [1.165, 1.54) is 25.8 Å². The second-order valence-electron chi connectivity index (χ2n) is 6.53. The molecule has 5 heteroatoms. The highest BCUT2D eigenvalue weighted by Gasteiger charge is 2.44. The lowest BCUT2D eigenvalue weighted by Crippen LogP contribution is -2.50. The van der Waals surface area contributed by atoms with Crippen molar-refractivity contribution in [2.45, 2.75) is 51.6 Å². The van der Waals surface area contributed by atoms with Gasteiger partial charge in [-0.25, -0.2) is 0 Å². The third kappa shape index (κ3) is 3.51. The highest BCUT2D eigenvalue weighted by molar-refractivity contribution is 5.83. The lowest BCUT2D eigenvalue weighted by atomic mass is 9.85. The van der Waals surface area contributed by atoms with Crippen molar-refractivity contribution in [1.82, 2.24) is 10.2 Å². The number of rotatable bonds is 5. The number of nitrogens with one attached hydrogen (secondary N) is 1. The molecule has 2 fully saturated rings. The molecule has 0 aromatic rings. The molecular weight excluding hydrogens is 254 g/mol. The molecule has 0 bridgehead atoms. The summed E-state index contributed by atoms with van der Waals surface area (Å²) in [6.45, 7) is 8.11. The van der Waals surface area contributed by atoms with Gasteiger partial charge in [-0.3, -0.25) is 4.79 Å². The average Bonchev–Trinajstić information content (AvgIpc) is 2.77. The van der Waals surface area contributed by atoms with E-state index >= 15 is 0 Å². The molecule has 2 saturated heterocycles. The Balaban J connectivity index is 1.67. The zero-order chi connectivity index (χ0) is 14.6. The maximum Gasteiger partial charge on any atom is 0.229 e. The van der Waals surface area contributed by atoms with Gasteiger partial charge < -0.3 is 20.7 Å². The van der Waals surface area contributed by atoms with Crippen LogP contribution in [0.3, 0.4) is 0 Å². The van der Waals surface area contributed by atoms with Gasteiger partial charge in [0.05, 0.1) is 18.6 Å². The minimum atomic E-state index is -0.557. The Labute approximate surface area is 122 Å². The molecule has 2 aliphatic heterocycles. The summed E-state index contributed by atoms with van der Waals surface area (Å²) in [7, 11) is 0. The first-order valence-electron chi connectivity index (χ1n) is 7.90. The molecule has 2 heterocycles. The van der Waals surface area contributed by atoms with Crippen molar-refractivity contribution in [2.24, 2.45) is 11.1 Å². The molecule has 0 aliphatic carbocycles. The van der Waals surface area contributed by atoms with Crippen LogP contribution in [0.4, 0.5) is 0 Å². The Bertz CT molecular complexity index is 337. The molecule has 3 unspecified atom stereocenters. The van der Waals surface area contributed by atoms with Crippen LogP contribution in [0.25, 0.3) is 0 Å². The first kappa shape index (κ1) is 15.7. The molecule has 5 nitrogen and oxygen atoms in total. The fourth-order valence-electron chi connectivity index (χ4n) is 3.10. The Kier molecular flexibility index (Phi) is 5.41. The zero-order valence-corrected chi connectivity index (χ0v) is 12.9. The summed E-state index contributed by atoms with van der Waals surface area (Å²) < 4.78 is 5.31. The Hall–Kier alpha value is -0.650. The molecule has 116 valence electrons. The van der Waals surface area contributed by atoms with Gasteiger partial charge in [0.1, 0.15) is 0 Å². The predicted molar refractivity (Wildman–Crippen MR) is 79.4 cm³/mol. The number of carbonyl (C=O) groups excluding carboxylic acids is 1. The third-order valence-electron chi connectivity index (χ3n) is 4.88. The van der Waals surface area contributed by atoms with E-state index in [0.29, 0.717) is 19.3 Å². The maximum absolute atomic E-state index is 12.2. The van der Waals surface area contributed by atoms with E-state index in [2.05, 4.69) is 17.1 Å². The summed E-state index contributed by atoms with van der Waals surface area (Å²) in [5, 5.41) is 3.02. The van der Waals surface area contributed by atoms with Crippen molar-refractivity contribution < 1.29 is 9.53 Å². The molecule has 2 aliphatic rings. The minimum Gasteiger partial charge on any atom is -0.379 e. The quantitative estimate of drug-likeness (QED) is 0.730. The number of hydrogen-bond donors (Lipinski definition) is 2. The SMILES string of the molecule is CC1CCCCN1CCCNC(=O)C1(C)COCC1N. The summed E-state index contributed by atoms with van der Waals surface area (Å²) in [4.78, 5) is 14.7. The third-order valence-corrected chi connectivity index (χ3v) is 4.88. The Morgan fingerprint density at radius 1 is 1.50 bits per heavy atom. The van der Waals surface area contributed by atoms with Crippen molar-refractivity contribution in [3.05, 3.63) is 0 Å². The minimum absolute atomic E-state index is 0.0363. The molecular formula is C15H29N3O2. The Morgan fingerprint density at radius 3 is 2.95 bits per heavy atom. The van der Waals surface area contributed by atoms with E-state index in [-0.39, 0.29) is 11.9 Å². The van der Waals surface area contributed by atoms with E-state index in [0.717, 1.165) is 19.5 Å². The van der Waals surface area contributed by atoms with E-state index in [4.69, 9.17) is 10.5 Å². The highest BCUT2D eigenvalue weighted by atomic mass is 16.5. The van der Waals surface area contributed by atoms with Crippen LogP contribution in [0, 0.1) is 5.41 Å². The van der Waals surface area contributed by atoms with Gasteiger partial charge in [-0.15, -0.1) is 0 Å². The fourth-order valence-corrected chi connectivity index (χ4v) is 3.10. The first-order chi connectivity index (χ1) is 9.54. The molecule has 20 heavy (non-hydrogen) atoms.